The van der Waals surface area contributed by atoms with E-state index < -0.39 is 5.97 Å². The third kappa shape index (κ3) is 4.81. The molecule has 0 heterocycles. The minimum absolute atomic E-state index is 0.0879. The van der Waals surface area contributed by atoms with Crippen LogP contribution in [0.3, 0.4) is 0 Å². The van der Waals surface area contributed by atoms with Crippen molar-refractivity contribution in [3.05, 3.63) is 29.8 Å². The van der Waals surface area contributed by atoms with Crippen molar-refractivity contribution in [2.75, 3.05) is 25.5 Å². The van der Waals surface area contributed by atoms with Crippen molar-refractivity contribution in [1.82, 2.24) is 4.90 Å². The molecule has 1 aromatic rings. The Hall–Kier alpha value is -2.37. The number of methoxy groups -OCH3 is 1. The monoisotopic (exact) mass is 346 g/mol. The number of ether oxygens (including phenoxy) is 1. The van der Waals surface area contributed by atoms with Gasteiger partial charge in [0.1, 0.15) is 0 Å². The first-order valence-corrected chi connectivity index (χ1v) is 8.79. The van der Waals surface area contributed by atoms with Crippen LogP contribution in [0.1, 0.15) is 43.5 Å². The van der Waals surface area contributed by atoms with Crippen molar-refractivity contribution < 1.29 is 19.1 Å². The summed E-state index contributed by atoms with van der Waals surface area (Å²) in [5.41, 5.74) is 1.03. The van der Waals surface area contributed by atoms with Gasteiger partial charge in [-0.1, -0.05) is 13.8 Å². The molecule has 0 aliphatic heterocycles. The Kier molecular flexibility index (Phi) is 6.56. The molecule has 6 heteroatoms. The van der Waals surface area contributed by atoms with Crippen LogP contribution in [0.15, 0.2) is 24.3 Å². The van der Waals surface area contributed by atoms with E-state index in [1.807, 2.05) is 18.7 Å². The van der Waals surface area contributed by atoms with E-state index in [0.29, 0.717) is 17.7 Å². The normalized spacial score (nSPS) is 18.4. The molecule has 1 aromatic carbocycles. The van der Waals surface area contributed by atoms with E-state index in [0.717, 1.165) is 25.9 Å². The number of nitrogens with zero attached hydrogens (tertiary/aromatic N) is 1. The third-order valence-electron chi connectivity index (χ3n) is 4.32. The molecule has 2 atom stereocenters. The standard InChI is InChI=1S/C19H26N2O4/c1-4-10-21(11-5-2)18(23)16-12-15(16)17(22)20-14-8-6-13(7-9-14)19(24)25-3/h6-9,15-16H,4-5,10-12H2,1-3H3,(H,20,22). The van der Waals surface area contributed by atoms with Crippen LogP contribution in [-0.4, -0.2) is 42.9 Å². The number of hydrogen-bond donors (Lipinski definition) is 1. The second kappa shape index (κ2) is 8.65. The van der Waals surface area contributed by atoms with Gasteiger partial charge in [-0.15, -0.1) is 0 Å². The van der Waals surface area contributed by atoms with Crippen LogP contribution < -0.4 is 5.32 Å². The van der Waals surface area contributed by atoms with Crippen LogP contribution >= 0.6 is 0 Å². The number of carbonyl (C=O) groups is 3. The quantitative estimate of drug-likeness (QED) is 0.734. The molecule has 1 N–H and O–H groups in total. The summed E-state index contributed by atoms with van der Waals surface area (Å²) in [6.45, 7) is 5.58. The fourth-order valence-corrected chi connectivity index (χ4v) is 2.91. The molecule has 0 radical (unpaired) electrons. The lowest BCUT2D eigenvalue weighted by molar-refractivity contribution is -0.134. The summed E-state index contributed by atoms with van der Waals surface area (Å²) < 4.78 is 4.64. The van der Waals surface area contributed by atoms with Gasteiger partial charge in [0.05, 0.1) is 24.5 Å². The Balaban J connectivity index is 1.90. The number of carbonyl (C=O) groups excluding carboxylic acids is 3. The molecule has 1 aliphatic rings. The van der Waals surface area contributed by atoms with E-state index in [1.165, 1.54) is 7.11 Å². The van der Waals surface area contributed by atoms with Crippen molar-refractivity contribution in [2.45, 2.75) is 33.1 Å². The largest absolute Gasteiger partial charge is 0.465 e. The van der Waals surface area contributed by atoms with Crippen LogP contribution in [-0.2, 0) is 14.3 Å². The number of amides is 2. The van der Waals surface area contributed by atoms with E-state index in [4.69, 9.17) is 0 Å². The molecule has 1 aliphatic carbocycles. The number of rotatable bonds is 8. The zero-order valence-corrected chi connectivity index (χ0v) is 15.1. The van der Waals surface area contributed by atoms with Crippen LogP contribution in [0.5, 0.6) is 0 Å². The number of anilines is 1. The molecular formula is C19H26N2O4. The molecule has 0 aromatic heterocycles. The average Bonchev–Trinajstić information content (AvgIpc) is 3.42. The second-order valence-electron chi connectivity index (χ2n) is 6.33. The first kappa shape index (κ1) is 19.0. The number of benzene rings is 1. The molecule has 2 unspecified atom stereocenters. The van der Waals surface area contributed by atoms with E-state index in [9.17, 15) is 14.4 Å². The molecule has 6 nitrogen and oxygen atoms in total. The Labute approximate surface area is 148 Å². The molecule has 1 fully saturated rings. The summed E-state index contributed by atoms with van der Waals surface area (Å²) in [5, 5.41) is 2.81. The fourth-order valence-electron chi connectivity index (χ4n) is 2.91. The summed E-state index contributed by atoms with van der Waals surface area (Å²) in [4.78, 5) is 38.1. The Bertz CT molecular complexity index is 621. The predicted octanol–water partition coefficient (Wildman–Crippen LogP) is 2.70. The molecular weight excluding hydrogens is 320 g/mol. The van der Waals surface area contributed by atoms with Gasteiger partial charge in [-0.25, -0.2) is 4.79 Å². The van der Waals surface area contributed by atoms with Crippen LogP contribution in [0, 0.1) is 11.8 Å². The minimum Gasteiger partial charge on any atom is -0.465 e. The van der Waals surface area contributed by atoms with Gasteiger partial charge in [0.2, 0.25) is 11.8 Å². The summed E-state index contributed by atoms with van der Waals surface area (Å²) >= 11 is 0. The number of nitrogens with one attached hydrogen (secondary N) is 1. The van der Waals surface area contributed by atoms with Crippen LogP contribution in [0.25, 0.3) is 0 Å². The van der Waals surface area contributed by atoms with Crippen molar-refractivity contribution in [1.29, 1.82) is 0 Å². The van der Waals surface area contributed by atoms with Crippen molar-refractivity contribution in [2.24, 2.45) is 11.8 Å². The SMILES string of the molecule is CCCN(CCC)C(=O)C1CC1C(=O)Nc1ccc(C(=O)OC)cc1. The highest BCUT2D eigenvalue weighted by atomic mass is 16.5. The van der Waals surface area contributed by atoms with Gasteiger partial charge in [0.25, 0.3) is 0 Å². The van der Waals surface area contributed by atoms with Crippen molar-refractivity contribution >= 4 is 23.5 Å². The summed E-state index contributed by atoms with van der Waals surface area (Å²) in [6, 6.07) is 6.51. The van der Waals surface area contributed by atoms with Gasteiger partial charge >= 0.3 is 5.97 Å². The van der Waals surface area contributed by atoms with Crippen molar-refractivity contribution in [3.8, 4) is 0 Å². The predicted molar refractivity (Wildman–Crippen MR) is 95.2 cm³/mol. The van der Waals surface area contributed by atoms with Crippen LogP contribution in [0.4, 0.5) is 5.69 Å². The molecule has 136 valence electrons. The van der Waals surface area contributed by atoms with Crippen molar-refractivity contribution in [3.63, 3.8) is 0 Å². The van der Waals surface area contributed by atoms with Crippen LogP contribution in [0.2, 0.25) is 0 Å². The highest BCUT2D eigenvalue weighted by Crippen LogP contribution is 2.41. The molecule has 2 rings (SSSR count). The maximum absolute atomic E-state index is 12.5. The van der Waals surface area contributed by atoms with E-state index in [2.05, 4.69) is 10.1 Å². The Morgan fingerprint density at radius 3 is 2.20 bits per heavy atom. The van der Waals surface area contributed by atoms with Gasteiger partial charge < -0.3 is 15.0 Å². The second-order valence-corrected chi connectivity index (χ2v) is 6.33. The highest BCUT2D eigenvalue weighted by molar-refractivity contribution is 6.00. The first-order chi connectivity index (χ1) is 12.0. The topological polar surface area (TPSA) is 75.7 Å². The van der Waals surface area contributed by atoms with Gasteiger partial charge in [-0.3, -0.25) is 9.59 Å². The smallest absolute Gasteiger partial charge is 0.337 e. The molecule has 0 spiro atoms. The summed E-state index contributed by atoms with van der Waals surface area (Å²) in [5.74, 6) is -0.934. The Morgan fingerprint density at radius 2 is 1.68 bits per heavy atom. The number of esters is 1. The van der Waals surface area contributed by atoms with Gasteiger partial charge in [-0.2, -0.15) is 0 Å². The molecule has 0 bridgehead atoms. The molecule has 25 heavy (non-hydrogen) atoms. The third-order valence-corrected chi connectivity index (χ3v) is 4.32. The first-order valence-electron chi connectivity index (χ1n) is 8.79. The Morgan fingerprint density at radius 1 is 1.08 bits per heavy atom. The van der Waals surface area contributed by atoms with E-state index in [-0.39, 0.29) is 23.7 Å². The maximum Gasteiger partial charge on any atom is 0.337 e. The lowest BCUT2D eigenvalue weighted by atomic mass is 10.2. The zero-order chi connectivity index (χ0) is 18.4. The van der Waals surface area contributed by atoms with E-state index >= 15 is 0 Å². The average molecular weight is 346 g/mol. The summed E-state index contributed by atoms with van der Waals surface area (Å²) in [7, 11) is 1.32. The van der Waals surface area contributed by atoms with E-state index in [1.54, 1.807) is 24.3 Å². The highest BCUT2D eigenvalue weighted by Gasteiger charge is 2.49. The lowest BCUT2D eigenvalue weighted by Gasteiger charge is -2.21. The van der Waals surface area contributed by atoms with Gasteiger partial charge in [-0.05, 0) is 43.5 Å². The van der Waals surface area contributed by atoms with Gasteiger partial charge in [0.15, 0.2) is 0 Å². The van der Waals surface area contributed by atoms with Gasteiger partial charge in [0, 0.05) is 18.8 Å². The molecule has 0 saturated heterocycles. The summed E-state index contributed by atoms with van der Waals surface area (Å²) in [6.07, 6.45) is 2.44. The zero-order valence-electron chi connectivity index (χ0n) is 15.1. The lowest BCUT2D eigenvalue weighted by Crippen LogP contribution is -2.34. The molecule has 2 amide bonds. The molecule has 1 saturated carbocycles. The number of hydrogen-bond acceptors (Lipinski definition) is 4. The fraction of sp³-hybridized carbons (Fsp3) is 0.526. The minimum atomic E-state index is -0.419. The maximum atomic E-state index is 12.5.